The second-order valence-corrected chi connectivity index (χ2v) is 13.0. The highest BCUT2D eigenvalue weighted by Crippen LogP contribution is 2.38. The molecule has 4 nitrogen and oxygen atoms in total. The van der Waals surface area contributed by atoms with Crippen LogP contribution in [-0.4, -0.2) is 19.0 Å². The van der Waals surface area contributed by atoms with Crippen molar-refractivity contribution in [2.45, 2.75) is 148 Å². The van der Waals surface area contributed by atoms with E-state index in [1.54, 1.807) is 0 Å². The predicted octanol–water partition coefficient (Wildman–Crippen LogP) is 11.1. The normalized spacial score (nSPS) is 17.4. The highest BCUT2D eigenvalue weighted by Gasteiger charge is 2.22. The van der Waals surface area contributed by atoms with Crippen molar-refractivity contribution in [2.24, 2.45) is 5.92 Å². The van der Waals surface area contributed by atoms with Gasteiger partial charge in [-0.25, -0.2) is 0 Å². The van der Waals surface area contributed by atoms with Gasteiger partial charge in [0.05, 0.1) is 7.11 Å². The molecular formula is C39H59NO3. The van der Waals surface area contributed by atoms with Gasteiger partial charge in [-0.3, -0.25) is 9.59 Å². The van der Waals surface area contributed by atoms with Crippen molar-refractivity contribution < 1.29 is 14.3 Å². The number of hydrogen-bond donors (Lipinski definition) is 1. The molecule has 4 heteroatoms. The van der Waals surface area contributed by atoms with Gasteiger partial charge in [0.2, 0.25) is 5.91 Å². The standard InChI is InChI=1S/C39H59NO3/c1-4-5-13-16-32-19-21-35(22-20-32)36-25-23-33(24-26-36)31(2)34-27-29-37(30-28-34)40-38(41)17-14-11-9-7-6-8-10-12-15-18-39(42)43-3/h23-32,35H,4-22H2,1-3H3,(H,40,41). The van der Waals surface area contributed by atoms with E-state index < -0.39 is 0 Å². The van der Waals surface area contributed by atoms with E-state index >= 15 is 0 Å². The number of benzene rings is 2. The molecule has 0 bridgehead atoms. The summed E-state index contributed by atoms with van der Waals surface area (Å²) in [5, 5.41) is 3.08. The van der Waals surface area contributed by atoms with E-state index in [4.69, 9.17) is 0 Å². The highest BCUT2D eigenvalue weighted by atomic mass is 16.5. The number of anilines is 1. The molecule has 2 aromatic carbocycles. The van der Waals surface area contributed by atoms with Gasteiger partial charge >= 0.3 is 5.97 Å². The quantitative estimate of drug-likeness (QED) is 0.123. The van der Waals surface area contributed by atoms with Gasteiger partial charge in [-0.1, -0.05) is 121 Å². The zero-order chi connectivity index (χ0) is 30.7. The smallest absolute Gasteiger partial charge is 0.305 e. The zero-order valence-corrected chi connectivity index (χ0v) is 27.5. The summed E-state index contributed by atoms with van der Waals surface area (Å²) < 4.78 is 4.67. The van der Waals surface area contributed by atoms with E-state index in [1.165, 1.54) is 107 Å². The number of esters is 1. The van der Waals surface area contributed by atoms with E-state index in [0.29, 0.717) is 18.8 Å². The number of amides is 1. The van der Waals surface area contributed by atoms with Crippen LogP contribution in [0.25, 0.3) is 0 Å². The molecular weight excluding hydrogens is 530 g/mol. The van der Waals surface area contributed by atoms with Gasteiger partial charge in [0.15, 0.2) is 0 Å². The topological polar surface area (TPSA) is 55.4 Å². The summed E-state index contributed by atoms with van der Waals surface area (Å²) in [5.41, 5.74) is 5.04. The van der Waals surface area contributed by atoms with Crippen LogP contribution in [0.3, 0.4) is 0 Å². The molecule has 0 aromatic heterocycles. The van der Waals surface area contributed by atoms with Crippen LogP contribution in [0.1, 0.15) is 164 Å². The average molecular weight is 590 g/mol. The molecule has 238 valence electrons. The average Bonchev–Trinajstić information content (AvgIpc) is 3.04. The maximum Gasteiger partial charge on any atom is 0.305 e. The van der Waals surface area contributed by atoms with Gasteiger partial charge in [-0.2, -0.15) is 0 Å². The second kappa shape index (κ2) is 20.4. The Bertz CT molecular complexity index is 1040. The molecule has 1 aliphatic rings. The lowest BCUT2D eigenvalue weighted by molar-refractivity contribution is -0.140. The first kappa shape index (κ1) is 34.9. The molecule has 3 rings (SSSR count). The summed E-state index contributed by atoms with van der Waals surface area (Å²) in [6, 6.07) is 17.8. The molecule has 2 aromatic rings. The number of hydrogen-bond acceptors (Lipinski definition) is 3. The lowest BCUT2D eigenvalue weighted by Crippen LogP contribution is -2.13. The van der Waals surface area contributed by atoms with E-state index in [2.05, 4.69) is 60.3 Å². The first-order chi connectivity index (χ1) is 21.0. The van der Waals surface area contributed by atoms with Crippen molar-refractivity contribution >= 4 is 17.6 Å². The molecule has 1 unspecified atom stereocenters. The molecule has 0 aliphatic heterocycles. The summed E-state index contributed by atoms with van der Waals surface area (Å²) in [7, 11) is 1.45. The Balaban J connectivity index is 1.29. The fourth-order valence-corrected chi connectivity index (χ4v) is 6.69. The van der Waals surface area contributed by atoms with Gasteiger partial charge in [-0.15, -0.1) is 0 Å². The van der Waals surface area contributed by atoms with Crippen molar-refractivity contribution in [3.63, 3.8) is 0 Å². The third kappa shape index (κ3) is 13.3. The minimum atomic E-state index is -0.105. The summed E-state index contributed by atoms with van der Waals surface area (Å²) in [4.78, 5) is 23.6. The maximum atomic E-state index is 12.5. The first-order valence-corrected chi connectivity index (χ1v) is 17.6. The molecule has 1 amide bonds. The van der Waals surface area contributed by atoms with Crippen molar-refractivity contribution in [2.75, 3.05) is 12.4 Å². The number of carbonyl (C=O) groups is 2. The minimum absolute atomic E-state index is 0.105. The molecule has 0 radical (unpaired) electrons. The van der Waals surface area contributed by atoms with Crippen LogP contribution in [0.15, 0.2) is 48.5 Å². The number of ether oxygens (including phenoxy) is 1. The zero-order valence-electron chi connectivity index (χ0n) is 27.5. The molecule has 0 saturated heterocycles. The summed E-state index contributed by atoms with van der Waals surface area (Å²) >= 11 is 0. The molecule has 0 spiro atoms. The summed E-state index contributed by atoms with van der Waals surface area (Å²) in [5.74, 6) is 2.02. The van der Waals surface area contributed by atoms with Gasteiger partial charge in [0.25, 0.3) is 0 Å². The van der Waals surface area contributed by atoms with Crippen molar-refractivity contribution in [3.8, 4) is 0 Å². The van der Waals surface area contributed by atoms with E-state index in [0.717, 1.165) is 43.2 Å². The van der Waals surface area contributed by atoms with Crippen LogP contribution in [0, 0.1) is 5.92 Å². The maximum absolute atomic E-state index is 12.5. The second-order valence-electron chi connectivity index (χ2n) is 13.0. The molecule has 1 fully saturated rings. The van der Waals surface area contributed by atoms with Crippen LogP contribution in [0.2, 0.25) is 0 Å². The van der Waals surface area contributed by atoms with E-state index in [9.17, 15) is 9.59 Å². The fourth-order valence-electron chi connectivity index (χ4n) is 6.69. The van der Waals surface area contributed by atoms with E-state index in [-0.39, 0.29) is 11.9 Å². The minimum Gasteiger partial charge on any atom is -0.469 e. The Labute approximate surface area is 262 Å². The number of unbranched alkanes of at least 4 members (excludes halogenated alkanes) is 10. The molecule has 1 saturated carbocycles. The lowest BCUT2D eigenvalue weighted by atomic mass is 9.76. The lowest BCUT2D eigenvalue weighted by Gasteiger charge is -2.29. The predicted molar refractivity (Wildman–Crippen MR) is 181 cm³/mol. The third-order valence-electron chi connectivity index (χ3n) is 9.68. The highest BCUT2D eigenvalue weighted by molar-refractivity contribution is 5.90. The molecule has 43 heavy (non-hydrogen) atoms. The Morgan fingerprint density at radius 1 is 0.721 bits per heavy atom. The van der Waals surface area contributed by atoms with Crippen LogP contribution in [-0.2, 0) is 14.3 Å². The van der Waals surface area contributed by atoms with Crippen molar-refractivity contribution in [3.05, 3.63) is 65.2 Å². The van der Waals surface area contributed by atoms with E-state index in [1.807, 2.05) is 12.1 Å². The summed E-state index contributed by atoms with van der Waals surface area (Å²) in [6.07, 6.45) is 22.3. The Morgan fingerprint density at radius 2 is 1.26 bits per heavy atom. The fraction of sp³-hybridized carbons (Fsp3) is 0.641. The Kier molecular flexibility index (Phi) is 16.5. The summed E-state index contributed by atoms with van der Waals surface area (Å²) in [6.45, 7) is 4.57. The van der Waals surface area contributed by atoms with Crippen molar-refractivity contribution in [1.29, 1.82) is 0 Å². The monoisotopic (exact) mass is 589 g/mol. The first-order valence-electron chi connectivity index (χ1n) is 17.6. The Hall–Kier alpha value is -2.62. The van der Waals surface area contributed by atoms with Crippen molar-refractivity contribution in [1.82, 2.24) is 0 Å². The van der Waals surface area contributed by atoms with Crippen LogP contribution in [0.4, 0.5) is 5.69 Å². The van der Waals surface area contributed by atoms with Gasteiger partial charge in [0, 0.05) is 24.4 Å². The van der Waals surface area contributed by atoms with Crippen LogP contribution >= 0.6 is 0 Å². The van der Waals surface area contributed by atoms with Gasteiger partial charge in [-0.05, 0) is 79.2 Å². The largest absolute Gasteiger partial charge is 0.469 e. The molecule has 1 aliphatic carbocycles. The number of nitrogens with one attached hydrogen (secondary N) is 1. The third-order valence-corrected chi connectivity index (χ3v) is 9.68. The van der Waals surface area contributed by atoms with Crippen LogP contribution < -0.4 is 5.32 Å². The molecule has 1 atom stereocenters. The molecule has 1 N–H and O–H groups in total. The Morgan fingerprint density at radius 3 is 1.81 bits per heavy atom. The molecule has 0 heterocycles. The number of rotatable bonds is 20. The number of methoxy groups -OCH3 is 1. The number of carbonyl (C=O) groups excluding carboxylic acids is 2. The van der Waals surface area contributed by atoms with Gasteiger partial charge in [0.1, 0.15) is 0 Å². The van der Waals surface area contributed by atoms with Crippen LogP contribution in [0.5, 0.6) is 0 Å². The SMILES string of the molecule is CCCCCC1CCC(c2ccc(C(C)c3ccc(NC(=O)CCCCCCCCCCCC(=O)OC)cc3)cc2)CC1. The van der Waals surface area contributed by atoms with Gasteiger partial charge < -0.3 is 10.1 Å².